The van der Waals surface area contributed by atoms with Crippen LogP contribution < -0.4 is 5.73 Å². The maximum Gasteiger partial charge on any atom is 0.0942 e. The zero-order valence-electron chi connectivity index (χ0n) is 10.7. The third-order valence-electron chi connectivity index (χ3n) is 2.73. The van der Waals surface area contributed by atoms with Gasteiger partial charge in [0.25, 0.3) is 0 Å². The molecule has 3 nitrogen and oxygen atoms in total. The molecule has 92 valence electrons. The fourth-order valence-electron chi connectivity index (χ4n) is 1.84. The molecule has 0 aliphatic heterocycles. The van der Waals surface area contributed by atoms with Gasteiger partial charge in [0.15, 0.2) is 0 Å². The number of aryl methyl sites for hydroxylation is 2. The summed E-state index contributed by atoms with van der Waals surface area (Å²) in [5.74, 6) is 0. The van der Waals surface area contributed by atoms with Crippen molar-refractivity contribution >= 4 is 11.8 Å². The maximum absolute atomic E-state index is 6.19. The van der Waals surface area contributed by atoms with E-state index in [1.165, 1.54) is 5.03 Å². The number of nitrogens with zero attached hydrogens (tertiary/aromatic N) is 2. The summed E-state index contributed by atoms with van der Waals surface area (Å²) in [4.78, 5) is 0. The summed E-state index contributed by atoms with van der Waals surface area (Å²) in [7, 11) is 1.99. The minimum absolute atomic E-state index is 0.287. The largest absolute Gasteiger partial charge is 0.327 e. The predicted octanol–water partition coefficient (Wildman–Crippen LogP) is 2.73. The minimum Gasteiger partial charge on any atom is -0.327 e. The van der Waals surface area contributed by atoms with E-state index in [2.05, 4.69) is 25.0 Å². The number of thioether (sulfide) groups is 1. The number of hydrogen-bond acceptors (Lipinski definition) is 3. The molecule has 0 saturated carbocycles. The van der Waals surface area contributed by atoms with Gasteiger partial charge in [0.2, 0.25) is 0 Å². The molecule has 2 N–H and O–H groups in total. The zero-order valence-corrected chi connectivity index (χ0v) is 11.5. The molecule has 0 aromatic carbocycles. The molecule has 0 spiro atoms. The van der Waals surface area contributed by atoms with Gasteiger partial charge < -0.3 is 5.73 Å². The van der Waals surface area contributed by atoms with Gasteiger partial charge in [-0.2, -0.15) is 5.10 Å². The molecule has 4 heteroatoms. The maximum atomic E-state index is 6.19. The first kappa shape index (κ1) is 13.6. The van der Waals surface area contributed by atoms with E-state index in [0.717, 1.165) is 25.0 Å². The summed E-state index contributed by atoms with van der Waals surface area (Å²) in [6.45, 7) is 6.42. The van der Waals surface area contributed by atoms with Crippen LogP contribution in [-0.4, -0.2) is 21.1 Å². The van der Waals surface area contributed by atoms with Crippen molar-refractivity contribution in [3.05, 3.63) is 11.8 Å². The van der Waals surface area contributed by atoms with E-state index in [9.17, 15) is 0 Å². The first-order valence-electron chi connectivity index (χ1n) is 6.01. The Kier molecular flexibility index (Phi) is 5.35. The van der Waals surface area contributed by atoms with Crippen molar-refractivity contribution in [1.82, 2.24) is 9.78 Å². The number of aromatic nitrogens is 2. The zero-order chi connectivity index (χ0) is 12.1. The van der Waals surface area contributed by atoms with Gasteiger partial charge in [-0.15, -0.1) is 11.8 Å². The quantitative estimate of drug-likeness (QED) is 0.779. The fraction of sp³-hybridized carbons (Fsp3) is 0.750. The topological polar surface area (TPSA) is 43.8 Å². The lowest BCUT2D eigenvalue weighted by molar-refractivity contribution is 0.564. The molecule has 0 bridgehead atoms. The molecule has 2 atom stereocenters. The summed E-state index contributed by atoms with van der Waals surface area (Å²) < 4.78 is 1.95. The van der Waals surface area contributed by atoms with Crippen LogP contribution in [0.4, 0.5) is 0 Å². The van der Waals surface area contributed by atoms with Crippen LogP contribution in [0.25, 0.3) is 0 Å². The third kappa shape index (κ3) is 3.52. The Morgan fingerprint density at radius 1 is 1.50 bits per heavy atom. The SMILES string of the molecule is CCCC(N)C(CC)Sc1cc(C)nn1C. The van der Waals surface area contributed by atoms with Gasteiger partial charge in [0.05, 0.1) is 10.7 Å². The molecule has 0 saturated heterocycles. The average molecular weight is 241 g/mol. The number of hydrogen-bond donors (Lipinski definition) is 1. The van der Waals surface area contributed by atoms with Crippen molar-refractivity contribution in [2.24, 2.45) is 12.8 Å². The van der Waals surface area contributed by atoms with E-state index in [1.54, 1.807) is 0 Å². The first-order chi connectivity index (χ1) is 7.58. The van der Waals surface area contributed by atoms with Gasteiger partial charge in [-0.1, -0.05) is 20.3 Å². The molecule has 1 rings (SSSR count). The highest BCUT2D eigenvalue weighted by atomic mass is 32.2. The molecule has 1 aromatic rings. The van der Waals surface area contributed by atoms with Crippen molar-refractivity contribution < 1.29 is 0 Å². The Balaban J connectivity index is 2.66. The van der Waals surface area contributed by atoms with Crippen LogP contribution in [0.15, 0.2) is 11.1 Å². The van der Waals surface area contributed by atoms with Gasteiger partial charge >= 0.3 is 0 Å². The van der Waals surface area contributed by atoms with E-state index in [4.69, 9.17) is 5.73 Å². The monoisotopic (exact) mass is 241 g/mol. The highest BCUT2D eigenvalue weighted by Crippen LogP contribution is 2.28. The van der Waals surface area contributed by atoms with E-state index in [1.807, 2.05) is 30.4 Å². The van der Waals surface area contributed by atoms with E-state index >= 15 is 0 Å². The highest BCUT2D eigenvalue weighted by Gasteiger charge is 2.18. The Morgan fingerprint density at radius 3 is 2.62 bits per heavy atom. The van der Waals surface area contributed by atoms with E-state index < -0.39 is 0 Å². The molecule has 0 radical (unpaired) electrons. The van der Waals surface area contributed by atoms with Crippen molar-refractivity contribution in [3.63, 3.8) is 0 Å². The summed E-state index contributed by atoms with van der Waals surface area (Å²) in [6, 6.07) is 2.42. The van der Waals surface area contributed by atoms with Crippen LogP contribution in [0, 0.1) is 6.92 Å². The van der Waals surface area contributed by atoms with Crippen LogP contribution in [0.3, 0.4) is 0 Å². The highest BCUT2D eigenvalue weighted by molar-refractivity contribution is 7.99. The summed E-state index contributed by atoms with van der Waals surface area (Å²) in [5.41, 5.74) is 7.27. The molecular weight excluding hydrogens is 218 g/mol. The Hall–Kier alpha value is -0.480. The first-order valence-corrected chi connectivity index (χ1v) is 6.89. The van der Waals surface area contributed by atoms with Crippen LogP contribution in [-0.2, 0) is 7.05 Å². The van der Waals surface area contributed by atoms with Crippen molar-refractivity contribution in [2.45, 2.75) is 56.4 Å². The molecule has 0 fully saturated rings. The second-order valence-corrected chi connectivity index (χ2v) is 5.52. The van der Waals surface area contributed by atoms with Gasteiger partial charge in [0.1, 0.15) is 0 Å². The number of rotatable bonds is 6. The average Bonchev–Trinajstić information content (AvgIpc) is 2.54. The van der Waals surface area contributed by atoms with Gasteiger partial charge in [0, 0.05) is 18.3 Å². The summed E-state index contributed by atoms with van der Waals surface area (Å²) >= 11 is 1.86. The van der Waals surface area contributed by atoms with E-state index in [0.29, 0.717) is 5.25 Å². The smallest absolute Gasteiger partial charge is 0.0942 e. The molecule has 1 heterocycles. The second-order valence-electron chi connectivity index (χ2n) is 4.26. The van der Waals surface area contributed by atoms with Gasteiger partial charge in [-0.25, -0.2) is 0 Å². The number of nitrogens with two attached hydrogens (primary N) is 1. The molecule has 2 unspecified atom stereocenters. The van der Waals surface area contributed by atoms with Crippen LogP contribution in [0.2, 0.25) is 0 Å². The van der Waals surface area contributed by atoms with Gasteiger partial charge in [-0.3, -0.25) is 4.68 Å². The predicted molar refractivity (Wildman–Crippen MR) is 70.8 cm³/mol. The minimum atomic E-state index is 0.287. The molecule has 0 aliphatic rings. The Labute approximate surface area is 103 Å². The van der Waals surface area contributed by atoms with Crippen LogP contribution in [0.1, 0.15) is 38.8 Å². The lowest BCUT2D eigenvalue weighted by Gasteiger charge is -2.21. The van der Waals surface area contributed by atoms with Crippen molar-refractivity contribution in [1.29, 1.82) is 0 Å². The second kappa shape index (κ2) is 6.30. The standard InChI is InChI=1S/C12H23N3S/c1-5-7-10(13)11(6-2)16-12-8-9(3)14-15(12)4/h8,10-11H,5-7,13H2,1-4H3. The lowest BCUT2D eigenvalue weighted by Crippen LogP contribution is -2.31. The third-order valence-corrected chi connectivity index (χ3v) is 4.34. The molecule has 16 heavy (non-hydrogen) atoms. The normalized spacial score (nSPS) is 15.1. The Bertz CT molecular complexity index is 322. The van der Waals surface area contributed by atoms with Gasteiger partial charge in [-0.05, 0) is 25.8 Å². The summed E-state index contributed by atoms with van der Waals surface area (Å²) in [6.07, 6.45) is 3.36. The van der Waals surface area contributed by atoms with Crippen molar-refractivity contribution in [2.75, 3.05) is 0 Å². The van der Waals surface area contributed by atoms with E-state index in [-0.39, 0.29) is 6.04 Å². The van der Waals surface area contributed by atoms with Crippen LogP contribution >= 0.6 is 11.8 Å². The Morgan fingerprint density at radius 2 is 2.19 bits per heavy atom. The lowest BCUT2D eigenvalue weighted by atomic mass is 10.1. The summed E-state index contributed by atoms with van der Waals surface area (Å²) in [5, 5.41) is 6.07. The molecule has 0 aliphatic carbocycles. The van der Waals surface area contributed by atoms with Crippen molar-refractivity contribution in [3.8, 4) is 0 Å². The molecular formula is C12H23N3S. The molecule has 0 amide bonds. The van der Waals surface area contributed by atoms with Crippen LogP contribution in [0.5, 0.6) is 0 Å². The fourth-order valence-corrected chi connectivity index (χ4v) is 3.06. The molecule has 1 aromatic heterocycles.